The zero-order valence-electron chi connectivity index (χ0n) is 11.3. The molecule has 1 heterocycles. The fourth-order valence-corrected chi connectivity index (χ4v) is 2.78. The van der Waals surface area contributed by atoms with Crippen LogP contribution in [0, 0.1) is 19.8 Å². The van der Waals surface area contributed by atoms with E-state index in [0.717, 1.165) is 19.0 Å². The van der Waals surface area contributed by atoms with E-state index in [1.165, 1.54) is 36.2 Å². The second-order valence-electron chi connectivity index (χ2n) is 5.38. The highest BCUT2D eigenvalue weighted by molar-refractivity contribution is 5.30. The first-order valence-corrected chi connectivity index (χ1v) is 6.62. The van der Waals surface area contributed by atoms with Crippen molar-refractivity contribution >= 4 is 0 Å². The third-order valence-electron chi connectivity index (χ3n) is 3.75. The third kappa shape index (κ3) is 3.30. The van der Waals surface area contributed by atoms with E-state index in [4.69, 9.17) is 0 Å². The van der Waals surface area contributed by atoms with E-state index in [-0.39, 0.29) is 0 Å². The minimum Gasteiger partial charge on any atom is -0.319 e. The van der Waals surface area contributed by atoms with E-state index in [1.54, 1.807) is 0 Å². The molecule has 1 atom stereocenters. The lowest BCUT2D eigenvalue weighted by atomic mass is 10.1. The van der Waals surface area contributed by atoms with E-state index in [9.17, 15) is 0 Å². The number of nitrogens with one attached hydrogen (secondary N) is 1. The molecule has 2 heteroatoms. The van der Waals surface area contributed by atoms with E-state index in [1.807, 2.05) is 7.05 Å². The predicted molar refractivity (Wildman–Crippen MR) is 73.2 cm³/mol. The Kier molecular flexibility index (Phi) is 4.19. The second-order valence-corrected chi connectivity index (χ2v) is 5.38. The van der Waals surface area contributed by atoms with Gasteiger partial charge in [-0.2, -0.15) is 0 Å². The van der Waals surface area contributed by atoms with Gasteiger partial charge < -0.3 is 5.32 Å². The molecule has 1 saturated heterocycles. The molecular formula is C15H24N2. The molecule has 2 rings (SSSR count). The number of benzene rings is 1. The molecule has 1 fully saturated rings. The summed E-state index contributed by atoms with van der Waals surface area (Å²) in [6.45, 7) is 9.16. The van der Waals surface area contributed by atoms with Crippen molar-refractivity contribution in [2.45, 2.75) is 26.8 Å². The lowest BCUT2D eigenvalue weighted by molar-refractivity contribution is 0.315. The molecule has 1 aromatic rings. The molecule has 94 valence electrons. The highest BCUT2D eigenvalue weighted by Crippen LogP contribution is 2.20. The molecule has 2 nitrogen and oxygen atoms in total. The third-order valence-corrected chi connectivity index (χ3v) is 3.75. The van der Waals surface area contributed by atoms with Gasteiger partial charge in [0, 0.05) is 13.1 Å². The van der Waals surface area contributed by atoms with E-state index < -0.39 is 0 Å². The molecule has 0 radical (unpaired) electrons. The van der Waals surface area contributed by atoms with Crippen molar-refractivity contribution in [3.05, 3.63) is 34.9 Å². The van der Waals surface area contributed by atoms with Crippen LogP contribution >= 0.6 is 0 Å². The van der Waals surface area contributed by atoms with Crippen molar-refractivity contribution in [1.29, 1.82) is 0 Å². The van der Waals surface area contributed by atoms with E-state index in [0.29, 0.717) is 0 Å². The molecule has 0 amide bonds. The molecule has 1 aliphatic rings. The summed E-state index contributed by atoms with van der Waals surface area (Å²) in [7, 11) is 2.05. The van der Waals surface area contributed by atoms with Gasteiger partial charge in [-0.25, -0.2) is 0 Å². The van der Waals surface area contributed by atoms with Gasteiger partial charge in [-0.15, -0.1) is 0 Å². The van der Waals surface area contributed by atoms with Gasteiger partial charge in [0.05, 0.1) is 0 Å². The summed E-state index contributed by atoms with van der Waals surface area (Å²) < 4.78 is 0. The largest absolute Gasteiger partial charge is 0.319 e. The fourth-order valence-electron chi connectivity index (χ4n) is 2.78. The van der Waals surface area contributed by atoms with Crippen molar-refractivity contribution in [1.82, 2.24) is 10.2 Å². The van der Waals surface area contributed by atoms with Gasteiger partial charge in [0.1, 0.15) is 0 Å². The lowest BCUT2D eigenvalue weighted by Crippen LogP contribution is -2.24. The van der Waals surface area contributed by atoms with Gasteiger partial charge in [-0.3, -0.25) is 4.90 Å². The Morgan fingerprint density at radius 1 is 1.35 bits per heavy atom. The summed E-state index contributed by atoms with van der Waals surface area (Å²) in [6.07, 6.45) is 1.34. The Bertz CT molecular complexity index is 373. The minimum absolute atomic E-state index is 0.839. The van der Waals surface area contributed by atoms with Crippen LogP contribution in [-0.2, 0) is 6.54 Å². The minimum atomic E-state index is 0.839. The molecule has 0 aliphatic carbocycles. The van der Waals surface area contributed by atoms with Crippen LogP contribution in [0.25, 0.3) is 0 Å². The molecule has 1 aromatic carbocycles. The normalized spacial score (nSPS) is 21.0. The number of aryl methyl sites for hydroxylation is 2. The van der Waals surface area contributed by atoms with Gasteiger partial charge in [-0.1, -0.05) is 23.8 Å². The van der Waals surface area contributed by atoms with Crippen molar-refractivity contribution in [2.75, 3.05) is 26.7 Å². The van der Waals surface area contributed by atoms with E-state index >= 15 is 0 Å². The number of likely N-dealkylation sites (tertiary alicyclic amines) is 1. The van der Waals surface area contributed by atoms with Crippen molar-refractivity contribution in [2.24, 2.45) is 5.92 Å². The quantitative estimate of drug-likeness (QED) is 0.857. The van der Waals surface area contributed by atoms with Crippen LogP contribution in [0.1, 0.15) is 23.1 Å². The van der Waals surface area contributed by atoms with Crippen LogP contribution in [0.5, 0.6) is 0 Å². The van der Waals surface area contributed by atoms with Crippen molar-refractivity contribution < 1.29 is 0 Å². The molecular weight excluding hydrogens is 208 g/mol. The number of hydrogen-bond acceptors (Lipinski definition) is 2. The SMILES string of the molecule is CNCC1CCN(Cc2ccc(C)cc2C)C1. The molecule has 17 heavy (non-hydrogen) atoms. The van der Waals surface area contributed by atoms with Crippen LogP contribution in [0.15, 0.2) is 18.2 Å². The van der Waals surface area contributed by atoms with E-state index in [2.05, 4.69) is 42.3 Å². The zero-order valence-corrected chi connectivity index (χ0v) is 11.3. The molecule has 0 saturated carbocycles. The Morgan fingerprint density at radius 3 is 2.88 bits per heavy atom. The van der Waals surface area contributed by atoms with Crippen LogP contribution in [0.4, 0.5) is 0 Å². The average molecular weight is 232 g/mol. The summed E-state index contributed by atoms with van der Waals surface area (Å²) in [5.74, 6) is 0.839. The smallest absolute Gasteiger partial charge is 0.0236 e. The first-order valence-electron chi connectivity index (χ1n) is 6.62. The Labute approximate surface area is 105 Å². The number of rotatable bonds is 4. The van der Waals surface area contributed by atoms with Crippen LogP contribution in [0.2, 0.25) is 0 Å². The highest BCUT2D eigenvalue weighted by atomic mass is 15.1. The van der Waals surface area contributed by atoms with Crippen LogP contribution in [0.3, 0.4) is 0 Å². The summed E-state index contributed by atoms with van der Waals surface area (Å²) >= 11 is 0. The Morgan fingerprint density at radius 2 is 2.18 bits per heavy atom. The molecule has 0 aromatic heterocycles. The predicted octanol–water partition coefficient (Wildman–Crippen LogP) is 2.34. The summed E-state index contributed by atoms with van der Waals surface area (Å²) in [6, 6.07) is 6.80. The van der Waals surface area contributed by atoms with Gasteiger partial charge in [0.25, 0.3) is 0 Å². The molecule has 0 bridgehead atoms. The fraction of sp³-hybridized carbons (Fsp3) is 0.600. The van der Waals surface area contributed by atoms with Gasteiger partial charge in [0.15, 0.2) is 0 Å². The van der Waals surface area contributed by atoms with Crippen molar-refractivity contribution in [3.63, 3.8) is 0 Å². The average Bonchev–Trinajstić information content (AvgIpc) is 2.71. The summed E-state index contributed by atoms with van der Waals surface area (Å²) in [5, 5.41) is 3.29. The zero-order chi connectivity index (χ0) is 12.3. The molecule has 1 N–H and O–H groups in total. The van der Waals surface area contributed by atoms with Crippen molar-refractivity contribution in [3.8, 4) is 0 Å². The summed E-state index contributed by atoms with van der Waals surface area (Å²) in [4.78, 5) is 2.58. The maximum Gasteiger partial charge on any atom is 0.0236 e. The maximum absolute atomic E-state index is 3.29. The topological polar surface area (TPSA) is 15.3 Å². The Balaban J connectivity index is 1.93. The molecule has 1 aliphatic heterocycles. The molecule has 0 spiro atoms. The first kappa shape index (κ1) is 12.6. The van der Waals surface area contributed by atoms with Gasteiger partial charge >= 0.3 is 0 Å². The standard InChI is InChI=1S/C15H24N2/c1-12-4-5-15(13(2)8-12)11-17-7-6-14(10-17)9-16-3/h4-5,8,14,16H,6-7,9-11H2,1-3H3. The van der Waals surface area contributed by atoms with Crippen LogP contribution in [-0.4, -0.2) is 31.6 Å². The number of hydrogen-bond donors (Lipinski definition) is 1. The van der Waals surface area contributed by atoms with Crippen LogP contribution < -0.4 is 5.32 Å². The summed E-state index contributed by atoms with van der Waals surface area (Å²) in [5.41, 5.74) is 4.28. The lowest BCUT2D eigenvalue weighted by Gasteiger charge is -2.17. The highest BCUT2D eigenvalue weighted by Gasteiger charge is 2.21. The van der Waals surface area contributed by atoms with Gasteiger partial charge in [-0.05, 0) is 57.5 Å². The van der Waals surface area contributed by atoms with Gasteiger partial charge in [0.2, 0.25) is 0 Å². The Hall–Kier alpha value is -0.860. The number of nitrogens with zero attached hydrogens (tertiary/aromatic N) is 1. The molecule has 1 unspecified atom stereocenters. The first-order chi connectivity index (χ1) is 8.19. The second kappa shape index (κ2) is 5.65. The monoisotopic (exact) mass is 232 g/mol. The maximum atomic E-state index is 3.29.